The highest BCUT2D eigenvalue weighted by Gasteiger charge is 2.36. The number of rotatable bonds is 4. The molecule has 2 saturated heterocycles. The highest BCUT2D eigenvalue weighted by molar-refractivity contribution is 5.53. The van der Waals surface area contributed by atoms with Crippen LogP contribution in [0.3, 0.4) is 0 Å². The van der Waals surface area contributed by atoms with Crippen molar-refractivity contribution in [1.82, 2.24) is 20.0 Å². The molecule has 4 rings (SSSR count). The number of pyridine rings is 1. The van der Waals surface area contributed by atoms with Crippen molar-refractivity contribution in [2.45, 2.75) is 37.8 Å². The summed E-state index contributed by atoms with van der Waals surface area (Å²) >= 11 is 0. The molecule has 7 heteroatoms. The van der Waals surface area contributed by atoms with Gasteiger partial charge in [-0.2, -0.15) is 4.98 Å². The van der Waals surface area contributed by atoms with Crippen LogP contribution in [0, 0.1) is 0 Å². The fourth-order valence-electron chi connectivity index (χ4n) is 3.63. The monoisotopic (exact) mass is 330 g/mol. The first-order valence-corrected chi connectivity index (χ1v) is 8.52. The second-order valence-corrected chi connectivity index (χ2v) is 6.28. The molecule has 0 saturated carbocycles. The van der Waals surface area contributed by atoms with Crippen LogP contribution in [0.1, 0.15) is 37.6 Å². The Labute approximate surface area is 141 Å². The van der Waals surface area contributed by atoms with Crippen molar-refractivity contribution in [3.05, 3.63) is 24.2 Å². The highest BCUT2D eigenvalue weighted by Crippen LogP contribution is 2.35. The van der Waals surface area contributed by atoms with Gasteiger partial charge in [-0.05, 0) is 38.3 Å². The molecule has 4 heterocycles. The zero-order valence-corrected chi connectivity index (χ0v) is 13.9. The van der Waals surface area contributed by atoms with Crippen LogP contribution in [0.5, 0.6) is 5.88 Å². The summed E-state index contributed by atoms with van der Waals surface area (Å²) in [5, 5.41) is 4.15. The molecule has 128 valence electrons. The SMILES string of the molecule is COc1ccc(-c2noc([C@@H]3CCCN3C3CCOCC3)n2)cn1. The van der Waals surface area contributed by atoms with Gasteiger partial charge in [-0.1, -0.05) is 5.16 Å². The Bertz CT molecular complexity index is 667. The maximum absolute atomic E-state index is 5.59. The number of methoxy groups -OCH3 is 1. The predicted molar refractivity (Wildman–Crippen MR) is 86.6 cm³/mol. The summed E-state index contributed by atoms with van der Waals surface area (Å²) < 4.78 is 16.2. The predicted octanol–water partition coefficient (Wildman–Crippen LogP) is 2.46. The minimum absolute atomic E-state index is 0.223. The van der Waals surface area contributed by atoms with Crippen LogP contribution < -0.4 is 4.74 Å². The van der Waals surface area contributed by atoms with Crippen LogP contribution in [0.4, 0.5) is 0 Å². The van der Waals surface area contributed by atoms with Crippen LogP contribution in [-0.2, 0) is 4.74 Å². The van der Waals surface area contributed by atoms with Gasteiger partial charge in [-0.3, -0.25) is 4.90 Å². The molecule has 24 heavy (non-hydrogen) atoms. The number of hydrogen-bond acceptors (Lipinski definition) is 7. The van der Waals surface area contributed by atoms with Gasteiger partial charge in [0.05, 0.1) is 13.2 Å². The Morgan fingerprint density at radius 1 is 1.21 bits per heavy atom. The third-order valence-electron chi connectivity index (χ3n) is 4.88. The second-order valence-electron chi connectivity index (χ2n) is 6.28. The number of nitrogens with zero attached hydrogens (tertiary/aromatic N) is 4. The molecule has 0 aliphatic carbocycles. The second kappa shape index (κ2) is 6.86. The average molecular weight is 330 g/mol. The van der Waals surface area contributed by atoms with E-state index in [-0.39, 0.29) is 6.04 Å². The molecule has 0 N–H and O–H groups in total. The summed E-state index contributed by atoms with van der Waals surface area (Å²) in [6.45, 7) is 2.79. The first-order valence-electron chi connectivity index (χ1n) is 8.52. The average Bonchev–Trinajstić information content (AvgIpc) is 3.32. The van der Waals surface area contributed by atoms with Gasteiger partial charge in [0.15, 0.2) is 0 Å². The fourth-order valence-corrected chi connectivity index (χ4v) is 3.63. The van der Waals surface area contributed by atoms with Crippen LogP contribution in [0.15, 0.2) is 22.9 Å². The zero-order valence-electron chi connectivity index (χ0n) is 13.9. The van der Waals surface area contributed by atoms with Crippen molar-refractivity contribution in [3.8, 4) is 17.3 Å². The Morgan fingerprint density at radius 3 is 2.83 bits per heavy atom. The number of hydrogen-bond donors (Lipinski definition) is 0. The van der Waals surface area contributed by atoms with Gasteiger partial charge in [-0.15, -0.1) is 0 Å². The molecular weight excluding hydrogens is 308 g/mol. The number of likely N-dealkylation sites (tertiary alicyclic amines) is 1. The summed E-state index contributed by atoms with van der Waals surface area (Å²) in [5.74, 6) is 1.87. The number of aromatic nitrogens is 3. The molecule has 1 atom stereocenters. The standard InChI is InChI=1S/C17H22N4O3/c1-22-15-5-4-12(11-18-15)16-19-17(24-20-16)14-3-2-8-21(14)13-6-9-23-10-7-13/h4-5,11,13-14H,2-3,6-10H2,1H3/t14-/m0/s1. The van der Waals surface area contributed by atoms with Crippen LogP contribution in [-0.4, -0.2) is 52.9 Å². The lowest BCUT2D eigenvalue weighted by atomic mass is 10.1. The smallest absolute Gasteiger partial charge is 0.244 e. The summed E-state index contributed by atoms with van der Waals surface area (Å²) in [4.78, 5) is 11.4. The Morgan fingerprint density at radius 2 is 2.08 bits per heavy atom. The van der Waals surface area contributed by atoms with Crippen LogP contribution >= 0.6 is 0 Å². The first-order chi connectivity index (χ1) is 11.8. The van der Waals surface area contributed by atoms with Crippen LogP contribution in [0.2, 0.25) is 0 Å². The normalized spacial score (nSPS) is 22.8. The molecular formula is C17H22N4O3. The quantitative estimate of drug-likeness (QED) is 0.852. The van der Waals surface area contributed by atoms with Gasteiger partial charge in [0, 0.05) is 37.1 Å². The summed E-state index contributed by atoms with van der Waals surface area (Å²) in [5.41, 5.74) is 0.835. The van der Waals surface area contributed by atoms with Gasteiger partial charge in [-0.25, -0.2) is 4.98 Å². The Hall–Kier alpha value is -1.99. The van der Waals surface area contributed by atoms with E-state index in [2.05, 4.69) is 20.0 Å². The first kappa shape index (κ1) is 15.5. The molecule has 0 amide bonds. The van der Waals surface area contributed by atoms with E-state index in [0.717, 1.165) is 44.6 Å². The largest absolute Gasteiger partial charge is 0.481 e. The minimum atomic E-state index is 0.223. The molecule has 0 bridgehead atoms. The van der Waals surface area contributed by atoms with E-state index in [0.29, 0.717) is 23.6 Å². The van der Waals surface area contributed by atoms with Gasteiger partial charge in [0.2, 0.25) is 17.6 Å². The van der Waals surface area contributed by atoms with Crippen molar-refractivity contribution in [2.75, 3.05) is 26.9 Å². The maximum atomic E-state index is 5.59. The molecule has 2 aliphatic heterocycles. The lowest BCUT2D eigenvalue weighted by molar-refractivity contribution is 0.0243. The lowest BCUT2D eigenvalue weighted by Gasteiger charge is -2.33. The fraction of sp³-hybridized carbons (Fsp3) is 0.588. The molecule has 0 radical (unpaired) electrons. The third kappa shape index (κ3) is 3.01. The maximum Gasteiger partial charge on any atom is 0.244 e. The van der Waals surface area contributed by atoms with E-state index in [1.165, 1.54) is 6.42 Å². The molecule has 0 spiro atoms. The van der Waals surface area contributed by atoms with Crippen LogP contribution in [0.25, 0.3) is 11.4 Å². The van der Waals surface area contributed by atoms with Gasteiger partial charge < -0.3 is 14.0 Å². The van der Waals surface area contributed by atoms with Gasteiger partial charge >= 0.3 is 0 Å². The van der Waals surface area contributed by atoms with Crippen molar-refractivity contribution in [1.29, 1.82) is 0 Å². The zero-order chi connectivity index (χ0) is 16.4. The van der Waals surface area contributed by atoms with E-state index in [9.17, 15) is 0 Å². The Balaban J connectivity index is 1.52. The highest BCUT2D eigenvalue weighted by atomic mass is 16.5. The molecule has 0 aromatic carbocycles. The molecule has 2 aliphatic rings. The van der Waals surface area contributed by atoms with E-state index >= 15 is 0 Å². The molecule has 7 nitrogen and oxygen atoms in total. The van der Waals surface area contributed by atoms with E-state index in [1.807, 2.05) is 6.07 Å². The number of ether oxygens (including phenoxy) is 2. The van der Waals surface area contributed by atoms with E-state index in [1.54, 1.807) is 19.4 Å². The van der Waals surface area contributed by atoms with E-state index in [4.69, 9.17) is 14.0 Å². The summed E-state index contributed by atoms with van der Waals surface area (Å²) in [6, 6.07) is 4.48. The van der Waals surface area contributed by atoms with Crippen molar-refractivity contribution >= 4 is 0 Å². The van der Waals surface area contributed by atoms with Crippen molar-refractivity contribution in [2.24, 2.45) is 0 Å². The molecule has 2 aromatic rings. The summed E-state index contributed by atoms with van der Waals surface area (Å²) in [7, 11) is 1.60. The third-order valence-corrected chi connectivity index (χ3v) is 4.88. The van der Waals surface area contributed by atoms with Gasteiger partial charge in [0.1, 0.15) is 0 Å². The molecule has 2 fully saturated rings. The topological polar surface area (TPSA) is 73.5 Å². The van der Waals surface area contributed by atoms with Crippen molar-refractivity contribution in [3.63, 3.8) is 0 Å². The summed E-state index contributed by atoms with van der Waals surface area (Å²) in [6.07, 6.45) is 6.11. The Kier molecular flexibility index (Phi) is 4.44. The molecule has 0 unspecified atom stereocenters. The molecule has 2 aromatic heterocycles. The van der Waals surface area contributed by atoms with Gasteiger partial charge in [0.25, 0.3) is 0 Å². The van der Waals surface area contributed by atoms with Crippen molar-refractivity contribution < 1.29 is 14.0 Å². The lowest BCUT2D eigenvalue weighted by Crippen LogP contribution is -2.39. The minimum Gasteiger partial charge on any atom is -0.481 e. The van der Waals surface area contributed by atoms with E-state index < -0.39 is 0 Å².